The average Bonchev–Trinajstić information content (AvgIpc) is 2.90. The maximum atomic E-state index is 12.3. The van der Waals surface area contributed by atoms with Crippen LogP contribution >= 0.6 is 23.4 Å². The van der Waals surface area contributed by atoms with E-state index in [4.69, 9.17) is 16.1 Å². The van der Waals surface area contributed by atoms with E-state index in [0.717, 1.165) is 5.56 Å². The second-order valence-corrected chi connectivity index (χ2v) is 6.05. The monoisotopic (exact) mass is 359 g/mol. The summed E-state index contributed by atoms with van der Waals surface area (Å²) in [6, 6.07) is 7.71. The lowest BCUT2D eigenvalue weighted by Crippen LogP contribution is -2.01. The lowest BCUT2D eigenvalue weighted by atomic mass is 10.2. The fourth-order valence-electron chi connectivity index (χ4n) is 1.97. The summed E-state index contributed by atoms with van der Waals surface area (Å²) in [6.45, 7) is 0.365. The molecule has 1 aromatic carbocycles. The summed E-state index contributed by atoms with van der Waals surface area (Å²) in [6.07, 6.45) is 1.51. The molecule has 120 valence electrons. The van der Waals surface area contributed by atoms with Crippen LogP contribution in [0.4, 0.5) is 19.0 Å². The first kappa shape index (κ1) is 15.9. The molecule has 0 bridgehead atoms. The minimum Gasteiger partial charge on any atom is -0.363 e. The largest absolute Gasteiger partial charge is 0.446 e. The Bertz CT molecular complexity index is 820. The zero-order valence-corrected chi connectivity index (χ0v) is 13.0. The van der Waals surface area contributed by atoms with E-state index in [9.17, 15) is 13.2 Å². The van der Waals surface area contributed by atoms with Gasteiger partial charge in [0.2, 0.25) is 0 Å². The van der Waals surface area contributed by atoms with Crippen molar-refractivity contribution in [2.45, 2.75) is 16.9 Å². The Balaban J connectivity index is 1.70. The molecule has 0 saturated carbocycles. The van der Waals surface area contributed by atoms with Gasteiger partial charge in [0.05, 0.1) is 0 Å². The number of benzene rings is 1. The summed E-state index contributed by atoms with van der Waals surface area (Å²) in [5.41, 5.74) is -2.99. The van der Waals surface area contributed by atoms with Crippen molar-refractivity contribution in [1.29, 1.82) is 0 Å². The first-order chi connectivity index (χ1) is 10.9. The number of thioether (sulfide) groups is 1. The highest BCUT2D eigenvalue weighted by molar-refractivity contribution is 8.00. The molecule has 0 spiro atoms. The molecule has 0 atom stereocenters. The van der Waals surface area contributed by atoms with Crippen LogP contribution in [0.2, 0.25) is 5.15 Å². The van der Waals surface area contributed by atoms with Gasteiger partial charge in [0.1, 0.15) is 10.5 Å². The average molecular weight is 360 g/mol. The summed E-state index contributed by atoms with van der Waals surface area (Å²) in [5, 5.41) is 7.74. The standard InChI is InChI=1S/C14H9ClF3N3OS/c15-12-11-10(5-6-19-12)22-21-13(11)20-7-8-1-3-9(4-2-8)23-14(16,17)18/h1-6H,7H2,(H,20,21). The van der Waals surface area contributed by atoms with Crippen LogP contribution in [0, 0.1) is 0 Å². The fourth-order valence-corrected chi connectivity index (χ4v) is 2.74. The van der Waals surface area contributed by atoms with Crippen molar-refractivity contribution < 1.29 is 17.7 Å². The Hall–Kier alpha value is -1.93. The minimum atomic E-state index is -4.29. The third-order valence-electron chi connectivity index (χ3n) is 2.96. The van der Waals surface area contributed by atoms with Gasteiger partial charge in [0.15, 0.2) is 11.4 Å². The van der Waals surface area contributed by atoms with E-state index in [1.807, 2.05) is 0 Å². The number of nitrogens with one attached hydrogen (secondary N) is 1. The number of anilines is 1. The number of alkyl halides is 3. The van der Waals surface area contributed by atoms with Crippen molar-refractivity contribution in [1.82, 2.24) is 10.1 Å². The van der Waals surface area contributed by atoms with Crippen molar-refractivity contribution >= 4 is 40.1 Å². The molecule has 2 aromatic heterocycles. The second-order valence-electron chi connectivity index (χ2n) is 4.55. The first-order valence-electron chi connectivity index (χ1n) is 6.41. The van der Waals surface area contributed by atoms with Crippen molar-refractivity contribution in [3.05, 3.63) is 47.2 Å². The molecule has 23 heavy (non-hydrogen) atoms. The summed E-state index contributed by atoms with van der Waals surface area (Å²) in [5.74, 6) is 0.437. The van der Waals surface area contributed by atoms with Gasteiger partial charge in [-0.2, -0.15) is 13.2 Å². The smallest absolute Gasteiger partial charge is 0.363 e. The quantitative estimate of drug-likeness (QED) is 0.518. The molecular formula is C14H9ClF3N3OS. The predicted molar refractivity (Wildman–Crippen MR) is 82.5 cm³/mol. The van der Waals surface area contributed by atoms with Gasteiger partial charge in [-0.15, -0.1) is 0 Å². The van der Waals surface area contributed by atoms with Gasteiger partial charge in [-0.05, 0) is 29.5 Å². The van der Waals surface area contributed by atoms with Crippen LogP contribution in [0.25, 0.3) is 11.0 Å². The topological polar surface area (TPSA) is 51.0 Å². The van der Waals surface area contributed by atoms with Crippen LogP contribution in [-0.4, -0.2) is 15.6 Å². The van der Waals surface area contributed by atoms with Crippen molar-refractivity contribution in [3.63, 3.8) is 0 Å². The van der Waals surface area contributed by atoms with E-state index < -0.39 is 5.51 Å². The molecule has 3 rings (SSSR count). The number of hydrogen-bond donors (Lipinski definition) is 1. The molecule has 0 aliphatic carbocycles. The molecule has 0 aliphatic heterocycles. The van der Waals surface area contributed by atoms with Crippen LogP contribution in [0.15, 0.2) is 45.9 Å². The molecule has 9 heteroatoms. The minimum absolute atomic E-state index is 0.139. The number of hydrogen-bond acceptors (Lipinski definition) is 5. The van der Waals surface area contributed by atoms with E-state index in [1.54, 1.807) is 18.2 Å². The number of fused-ring (bicyclic) bond motifs is 1. The molecular weight excluding hydrogens is 351 g/mol. The highest BCUT2D eigenvalue weighted by Gasteiger charge is 2.28. The highest BCUT2D eigenvalue weighted by Crippen LogP contribution is 2.36. The van der Waals surface area contributed by atoms with Gasteiger partial charge in [-0.1, -0.05) is 28.9 Å². The molecule has 0 aliphatic rings. The maximum Gasteiger partial charge on any atom is 0.446 e. The lowest BCUT2D eigenvalue weighted by Gasteiger charge is -2.07. The molecule has 0 fully saturated rings. The summed E-state index contributed by atoms with van der Waals surface area (Å²) >= 11 is 5.86. The van der Waals surface area contributed by atoms with Crippen molar-refractivity contribution in [2.24, 2.45) is 0 Å². The van der Waals surface area contributed by atoms with Crippen LogP contribution < -0.4 is 5.32 Å². The number of nitrogens with zero attached hydrogens (tertiary/aromatic N) is 2. The molecule has 0 unspecified atom stereocenters. The number of halogens is 4. The van der Waals surface area contributed by atoms with E-state index in [2.05, 4.69) is 15.5 Å². The van der Waals surface area contributed by atoms with E-state index >= 15 is 0 Å². The number of pyridine rings is 1. The SMILES string of the molecule is FC(F)(F)Sc1ccc(CNc2noc3ccnc(Cl)c23)cc1. The maximum absolute atomic E-state index is 12.3. The molecule has 3 aromatic rings. The first-order valence-corrected chi connectivity index (χ1v) is 7.60. The predicted octanol–water partition coefficient (Wildman–Crippen LogP) is 5.10. The summed E-state index contributed by atoms with van der Waals surface area (Å²) in [7, 11) is 0. The van der Waals surface area contributed by atoms with Crippen molar-refractivity contribution in [2.75, 3.05) is 5.32 Å². The van der Waals surface area contributed by atoms with Crippen molar-refractivity contribution in [3.8, 4) is 0 Å². The van der Waals surface area contributed by atoms with Gasteiger partial charge in [-0.25, -0.2) is 4.98 Å². The van der Waals surface area contributed by atoms with Gasteiger partial charge in [-0.3, -0.25) is 0 Å². The Morgan fingerprint density at radius 2 is 1.91 bits per heavy atom. The summed E-state index contributed by atoms with van der Waals surface area (Å²) < 4.78 is 42.0. The number of rotatable bonds is 4. The molecule has 1 N–H and O–H groups in total. The van der Waals surface area contributed by atoms with Crippen LogP contribution in [0.3, 0.4) is 0 Å². The van der Waals surface area contributed by atoms with E-state index in [0.29, 0.717) is 23.3 Å². The summed E-state index contributed by atoms with van der Waals surface area (Å²) in [4.78, 5) is 4.10. The highest BCUT2D eigenvalue weighted by atomic mass is 35.5. The Morgan fingerprint density at radius 1 is 1.17 bits per heavy atom. The van der Waals surface area contributed by atoms with Gasteiger partial charge >= 0.3 is 5.51 Å². The third kappa shape index (κ3) is 3.89. The number of aromatic nitrogens is 2. The normalized spacial score (nSPS) is 11.8. The molecule has 0 amide bonds. The molecule has 4 nitrogen and oxygen atoms in total. The van der Waals surface area contributed by atoms with Crippen LogP contribution in [-0.2, 0) is 6.54 Å². The third-order valence-corrected chi connectivity index (χ3v) is 3.98. The zero-order chi connectivity index (χ0) is 16.4. The van der Waals surface area contributed by atoms with Gasteiger partial charge < -0.3 is 9.84 Å². The van der Waals surface area contributed by atoms with Crippen LogP contribution in [0.5, 0.6) is 0 Å². The fraction of sp³-hybridized carbons (Fsp3) is 0.143. The second kappa shape index (κ2) is 6.29. The lowest BCUT2D eigenvalue weighted by molar-refractivity contribution is -0.0328. The van der Waals surface area contributed by atoms with Gasteiger partial charge in [0, 0.05) is 23.7 Å². The van der Waals surface area contributed by atoms with E-state index in [-0.39, 0.29) is 21.8 Å². The zero-order valence-electron chi connectivity index (χ0n) is 11.4. The Kier molecular flexibility index (Phi) is 4.36. The molecule has 0 saturated heterocycles. The Morgan fingerprint density at radius 3 is 2.61 bits per heavy atom. The molecule has 0 radical (unpaired) electrons. The molecule has 2 heterocycles. The van der Waals surface area contributed by atoms with E-state index in [1.165, 1.54) is 18.3 Å². The Labute approximate surface area is 138 Å². The van der Waals surface area contributed by atoms with Crippen LogP contribution in [0.1, 0.15) is 5.56 Å². The van der Waals surface area contributed by atoms with Gasteiger partial charge in [0.25, 0.3) is 0 Å².